The maximum absolute atomic E-state index is 11.1. The molecule has 0 unspecified atom stereocenters. The predicted octanol–water partition coefficient (Wildman–Crippen LogP) is 3.89. The minimum atomic E-state index is -0.416. The Morgan fingerprint density at radius 3 is 2.74 bits per heavy atom. The second-order valence-corrected chi connectivity index (χ2v) is 6.35. The predicted molar refractivity (Wildman–Crippen MR) is 89.3 cm³/mol. The molecule has 5 nitrogen and oxygen atoms in total. The van der Waals surface area contributed by atoms with E-state index in [1.54, 1.807) is 0 Å². The summed E-state index contributed by atoms with van der Waals surface area (Å²) in [4.78, 5) is 10.9. The molecule has 126 valence electrons. The van der Waals surface area contributed by atoms with Crippen LogP contribution in [-0.2, 0) is 9.47 Å². The van der Waals surface area contributed by atoms with Crippen LogP contribution in [0.25, 0.3) is 6.08 Å². The molecule has 0 aromatic heterocycles. The Hall–Kier alpha value is -1.88. The van der Waals surface area contributed by atoms with Gasteiger partial charge in [-0.2, -0.15) is 0 Å². The van der Waals surface area contributed by atoms with E-state index >= 15 is 0 Å². The summed E-state index contributed by atoms with van der Waals surface area (Å²) in [5.74, 6) is 0.614. The molecule has 0 saturated carbocycles. The Balaban J connectivity index is 2.36. The molecule has 0 spiro atoms. The topological polar surface area (TPSA) is 61.6 Å². The SMILES string of the molecule is CCO[C@@H]1O/C(=C\c2cccc(C)c2)[C@@H](C[N+](=O)[O-])[C@H]1C(C)C. The van der Waals surface area contributed by atoms with Crippen LogP contribution in [-0.4, -0.2) is 24.4 Å². The van der Waals surface area contributed by atoms with Gasteiger partial charge in [0.05, 0.1) is 5.92 Å². The third-order valence-corrected chi connectivity index (χ3v) is 4.19. The maximum atomic E-state index is 11.1. The van der Waals surface area contributed by atoms with Gasteiger partial charge in [-0.15, -0.1) is 0 Å². The lowest BCUT2D eigenvalue weighted by atomic mass is 9.83. The molecule has 1 aromatic carbocycles. The average molecular weight is 319 g/mol. The van der Waals surface area contributed by atoms with Crippen molar-refractivity contribution in [2.75, 3.05) is 13.2 Å². The fourth-order valence-electron chi connectivity index (χ4n) is 3.21. The van der Waals surface area contributed by atoms with Gasteiger partial charge in [0.25, 0.3) is 0 Å². The first-order valence-electron chi connectivity index (χ1n) is 8.10. The number of nitro groups is 1. The van der Waals surface area contributed by atoms with E-state index < -0.39 is 6.29 Å². The zero-order valence-corrected chi connectivity index (χ0v) is 14.2. The van der Waals surface area contributed by atoms with E-state index in [2.05, 4.69) is 13.8 Å². The molecule has 5 heteroatoms. The lowest BCUT2D eigenvalue weighted by molar-refractivity contribution is -0.488. The Morgan fingerprint density at radius 2 is 2.17 bits per heavy atom. The normalized spacial score (nSPS) is 25.8. The maximum Gasteiger partial charge on any atom is 0.214 e. The summed E-state index contributed by atoms with van der Waals surface area (Å²) in [6.45, 7) is 8.43. The Kier molecular flexibility index (Phi) is 5.77. The van der Waals surface area contributed by atoms with Gasteiger partial charge in [0.15, 0.2) is 0 Å². The van der Waals surface area contributed by atoms with Gasteiger partial charge in [0.2, 0.25) is 12.8 Å². The van der Waals surface area contributed by atoms with Crippen LogP contribution in [0.2, 0.25) is 0 Å². The molecular weight excluding hydrogens is 294 g/mol. The summed E-state index contributed by atoms with van der Waals surface area (Å²) in [5.41, 5.74) is 2.14. The number of aryl methyl sites for hydroxylation is 1. The average Bonchev–Trinajstić information content (AvgIpc) is 2.76. The number of ether oxygens (including phenoxy) is 2. The van der Waals surface area contributed by atoms with Crippen molar-refractivity contribution in [2.24, 2.45) is 17.8 Å². The van der Waals surface area contributed by atoms with Crippen molar-refractivity contribution in [3.63, 3.8) is 0 Å². The summed E-state index contributed by atoms with van der Waals surface area (Å²) >= 11 is 0. The highest BCUT2D eigenvalue weighted by Crippen LogP contribution is 2.41. The molecule has 1 aliphatic heterocycles. The zero-order chi connectivity index (χ0) is 17.0. The highest BCUT2D eigenvalue weighted by Gasteiger charge is 2.46. The van der Waals surface area contributed by atoms with Crippen LogP contribution >= 0.6 is 0 Å². The fourth-order valence-corrected chi connectivity index (χ4v) is 3.21. The van der Waals surface area contributed by atoms with E-state index in [1.807, 2.05) is 44.2 Å². The van der Waals surface area contributed by atoms with Gasteiger partial charge in [-0.25, -0.2) is 0 Å². The standard InChI is InChI=1S/C18H25NO4/c1-5-22-18-17(12(2)3)15(11-19(20)21)16(23-18)10-14-8-6-7-13(4)9-14/h6-10,12,15,17-18H,5,11H2,1-4H3/b16-10-/t15-,17-,18-/m1/s1. The third-order valence-electron chi connectivity index (χ3n) is 4.19. The van der Waals surface area contributed by atoms with Crippen molar-refractivity contribution < 1.29 is 14.4 Å². The minimum Gasteiger partial charge on any atom is -0.468 e. The summed E-state index contributed by atoms with van der Waals surface area (Å²) in [6, 6.07) is 8.01. The molecular formula is C18H25NO4. The second-order valence-electron chi connectivity index (χ2n) is 6.35. The largest absolute Gasteiger partial charge is 0.468 e. The van der Waals surface area contributed by atoms with Crippen LogP contribution in [0, 0.1) is 34.8 Å². The third kappa shape index (κ3) is 4.32. The van der Waals surface area contributed by atoms with E-state index in [0.29, 0.717) is 12.4 Å². The molecule has 1 aromatic rings. The highest BCUT2D eigenvalue weighted by molar-refractivity contribution is 5.53. The molecule has 2 rings (SSSR count). The number of nitrogens with zero attached hydrogens (tertiary/aromatic N) is 1. The summed E-state index contributed by atoms with van der Waals surface area (Å²) < 4.78 is 11.7. The molecule has 0 amide bonds. The van der Waals surface area contributed by atoms with Crippen LogP contribution in [0.5, 0.6) is 0 Å². The van der Waals surface area contributed by atoms with Crippen LogP contribution in [0.15, 0.2) is 30.0 Å². The summed E-state index contributed by atoms with van der Waals surface area (Å²) in [7, 11) is 0. The molecule has 3 atom stereocenters. The molecule has 0 N–H and O–H groups in total. The molecule has 0 radical (unpaired) electrons. The Labute approximate surface area is 137 Å². The van der Waals surface area contributed by atoms with Gasteiger partial charge in [0, 0.05) is 17.4 Å². The van der Waals surface area contributed by atoms with Crippen molar-refractivity contribution in [3.8, 4) is 0 Å². The Morgan fingerprint density at radius 1 is 1.43 bits per heavy atom. The van der Waals surface area contributed by atoms with Crippen molar-refractivity contribution >= 4 is 6.08 Å². The van der Waals surface area contributed by atoms with Gasteiger partial charge in [-0.1, -0.05) is 43.7 Å². The lowest BCUT2D eigenvalue weighted by Gasteiger charge is -2.23. The number of benzene rings is 1. The van der Waals surface area contributed by atoms with Crippen molar-refractivity contribution in [1.29, 1.82) is 0 Å². The number of rotatable bonds is 6. The summed E-state index contributed by atoms with van der Waals surface area (Å²) in [6.07, 6.45) is 1.50. The van der Waals surface area contributed by atoms with Crippen molar-refractivity contribution in [2.45, 2.75) is 34.0 Å². The molecule has 0 aliphatic carbocycles. The second kappa shape index (κ2) is 7.59. The Bertz CT molecular complexity index is 582. The van der Waals surface area contributed by atoms with Gasteiger partial charge in [0.1, 0.15) is 5.76 Å². The first-order valence-corrected chi connectivity index (χ1v) is 8.10. The van der Waals surface area contributed by atoms with Gasteiger partial charge < -0.3 is 9.47 Å². The molecule has 1 fully saturated rings. The van der Waals surface area contributed by atoms with E-state index in [0.717, 1.165) is 11.1 Å². The quantitative estimate of drug-likeness (QED) is 0.589. The van der Waals surface area contributed by atoms with Gasteiger partial charge >= 0.3 is 0 Å². The highest BCUT2D eigenvalue weighted by atomic mass is 16.7. The minimum absolute atomic E-state index is 0.0172. The van der Waals surface area contributed by atoms with Crippen LogP contribution in [0.4, 0.5) is 0 Å². The molecule has 0 bridgehead atoms. The van der Waals surface area contributed by atoms with Crippen LogP contribution in [0.3, 0.4) is 0 Å². The molecule has 23 heavy (non-hydrogen) atoms. The van der Waals surface area contributed by atoms with Crippen LogP contribution < -0.4 is 0 Å². The lowest BCUT2D eigenvalue weighted by Crippen LogP contribution is -2.31. The summed E-state index contributed by atoms with van der Waals surface area (Å²) in [5, 5.41) is 11.1. The van der Waals surface area contributed by atoms with Crippen LogP contribution in [0.1, 0.15) is 31.9 Å². The van der Waals surface area contributed by atoms with E-state index in [-0.39, 0.29) is 29.2 Å². The fraction of sp³-hybridized carbons (Fsp3) is 0.556. The smallest absolute Gasteiger partial charge is 0.214 e. The molecule has 1 saturated heterocycles. The van der Waals surface area contributed by atoms with E-state index in [1.165, 1.54) is 0 Å². The zero-order valence-electron chi connectivity index (χ0n) is 14.2. The van der Waals surface area contributed by atoms with Crippen molar-refractivity contribution in [1.82, 2.24) is 0 Å². The van der Waals surface area contributed by atoms with Gasteiger partial charge in [-0.3, -0.25) is 10.1 Å². The first-order chi connectivity index (χ1) is 10.9. The monoisotopic (exact) mass is 319 g/mol. The number of hydrogen-bond donors (Lipinski definition) is 0. The number of hydrogen-bond acceptors (Lipinski definition) is 4. The van der Waals surface area contributed by atoms with Crippen molar-refractivity contribution in [3.05, 3.63) is 51.3 Å². The van der Waals surface area contributed by atoms with E-state index in [4.69, 9.17) is 9.47 Å². The molecule has 1 aliphatic rings. The molecule has 1 heterocycles. The first kappa shape index (κ1) is 17.5. The van der Waals surface area contributed by atoms with E-state index in [9.17, 15) is 10.1 Å². The van der Waals surface area contributed by atoms with Gasteiger partial charge in [-0.05, 0) is 31.4 Å².